The Morgan fingerprint density at radius 2 is 2.11 bits per heavy atom. The molecule has 1 aromatic rings. The monoisotopic (exact) mass is 330 g/mol. The van der Waals surface area contributed by atoms with Gasteiger partial charge in [-0.15, -0.1) is 0 Å². The number of ether oxygens (including phenoxy) is 1. The van der Waals surface area contributed by atoms with Crippen molar-refractivity contribution >= 4 is 33.3 Å². The van der Waals surface area contributed by atoms with E-state index in [4.69, 9.17) is 17.0 Å². The lowest BCUT2D eigenvalue weighted by Crippen LogP contribution is -2.43. The van der Waals surface area contributed by atoms with Crippen molar-refractivity contribution in [3.63, 3.8) is 0 Å². The second kappa shape index (κ2) is 7.71. The first kappa shape index (κ1) is 15.4. The second-order valence-corrected chi connectivity index (χ2v) is 5.57. The van der Waals surface area contributed by atoms with Crippen LogP contribution in [0.15, 0.2) is 28.7 Å². The van der Waals surface area contributed by atoms with Crippen LogP contribution in [0, 0.1) is 0 Å². The molecular formula is C13H19BrN2OS. The zero-order chi connectivity index (χ0) is 13.5. The quantitative estimate of drug-likeness (QED) is 0.813. The first-order chi connectivity index (χ1) is 8.52. The van der Waals surface area contributed by atoms with Crippen LogP contribution in [-0.2, 0) is 4.74 Å². The highest BCUT2D eigenvalue weighted by molar-refractivity contribution is 9.10. The molecule has 2 atom stereocenters. The summed E-state index contributed by atoms with van der Waals surface area (Å²) in [7, 11) is 1.68. The fourth-order valence-electron chi connectivity index (χ4n) is 1.61. The van der Waals surface area contributed by atoms with E-state index >= 15 is 0 Å². The van der Waals surface area contributed by atoms with Crippen molar-refractivity contribution in [2.75, 3.05) is 13.7 Å². The normalized spacial score (nSPS) is 13.8. The Bertz CT molecular complexity index is 400. The second-order valence-electron chi connectivity index (χ2n) is 4.25. The number of hydrogen-bond donors (Lipinski definition) is 2. The minimum Gasteiger partial charge on any atom is -0.383 e. The van der Waals surface area contributed by atoms with E-state index in [9.17, 15) is 0 Å². The van der Waals surface area contributed by atoms with Crippen LogP contribution in [0.2, 0.25) is 0 Å². The van der Waals surface area contributed by atoms with Crippen molar-refractivity contribution in [1.82, 2.24) is 10.6 Å². The molecule has 1 rings (SSSR count). The summed E-state index contributed by atoms with van der Waals surface area (Å²) in [6.07, 6.45) is 0. The van der Waals surface area contributed by atoms with E-state index in [1.54, 1.807) is 7.11 Å². The van der Waals surface area contributed by atoms with Crippen LogP contribution in [-0.4, -0.2) is 24.9 Å². The number of halogens is 1. The van der Waals surface area contributed by atoms with Gasteiger partial charge in [0, 0.05) is 17.6 Å². The number of methoxy groups -OCH3 is 1. The molecule has 100 valence electrons. The van der Waals surface area contributed by atoms with Gasteiger partial charge in [0.15, 0.2) is 5.11 Å². The molecule has 5 heteroatoms. The maximum Gasteiger partial charge on any atom is 0.167 e. The van der Waals surface area contributed by atoms with E-state index in [1.807, 2.05) is 19.1 Å². The van der Waals surface area contributed by atoms with Gasteiger partial charge in [0.1, 0.15) is 0 Å². The van der Waals surface area contributed by atoms with Gasteiger partial charge < -0.3 is 15.4 Å². The lowest BCUT2D eigenvalue weighted by atomic mass is 10.1. The number of benzene rings is 1. The zero-order valence-corrected chi connectivity index (χ0v) is 13.3. The van der Waals surface area contributed by atoms with Crippen LogP contribution < -0.4 is 10.6 Å². The largest absolute Gasteiger partial charge is 0.383 e. The van der Waals surface area contributed by atoms with Crippen LogP contribution in [0.25, 0.3) is 0 Å². The third kappa shape index (κ3) is 5.33. The Balaban J connectivity index is 2.49. The van der Waals surface area contributed by atoms with E-state index in [2.05, 4.69) is 45.6 Å². The molecular weight excluding hydrogens is 312 g/mol. The molecule has 1 aromatic carbocycles. The molecule has 0 spiro atoms. The molecule has 0 aromatic heterocycles. The Labute approximate surface area is 122 Å². The maximum absolute atomic E-state index is 5.26. The molecule has 2 unspecified atom stereocenters. The summed E-state index contributed by atoms with van der Waals surface area (Å²) in [5, 5.41) is 7.08. The van der Waals surface area contributed by atoms with Crippen molar-refractivity contribution in [1.29, 1.82) is 0 Å². The number of thiocarbonyl (C=S) groups is 1. The van der Waals surface area contributed by atoms with Gasteiger partial charge in [-0.3, -0.25) is 0 Å². The lowest BCUT2D eigenvalue weighted by Gasteiger charge is -2.20. The van der Waals surface area contributed by atoms with E-state index in [1.165, 1.54) is 5.56 Å². The molecule has 18 heavy (non-hydrogen) atoms. The standard InChI is InChI=1S/C13H19BrN2OS/c1-9(8-17-3)15-13(18)16-10(2)11-5-4-6-12(14)7-11/h4-7,9-10H,8H2,1-3H3,(H2,15,16,18). The minimum absolute atomic E-state index is 0.164. The highest BCUT2D eigenvalue weighted by atomic mass is 79.9. The molecule has 0 radical (unpaired) electrons. The van der Waals surface area contributed by atoms with Gasteiger partial charge in [-0.2, -0.15) is 0 Å². The molecule has 0 saturated heterocycles. The smallest absolute Gasteiger partial charge is 0.167 e. The van der Waals surface area contributed by atoms with Crippen LogP contribution in [0.1, 0.15) is 25.5 Å². The first-order valence-corrected chi connectivity index (χ1v) is 7.04. The highest BCUT2D eigenvalue weighted by Crippen LogP contribution is 2.17. The summed E-state index contributed by atoms with van der Waals surface area (Å²) in [4.78, 5) is 0. The van der Waals surface area contributed by atoms with Crippen LogP contribution in [0.4, 0.5) is 0 Å². The molecule has 0 bridgehead atoms. The molecule has 3 nitrogen and oxygen atoms in total. The predicted octanol–water partition coefficient (Wildman–Crippen LogP) is 3.01. The molecule has 0 aliphatic rings. The lowest BCUT2D eigenvalue weighted by molar-refractivity contribution is 0.179. The predicted molar refractivity (Wildman–Crippen MR) is 82.8 cm³/mol. The fourth-order valence-corrected chi connectivity index (χ4v) is 2.41. The molecule has 0 aliphatic heterocycles. The van der Waals surface area contributed by atoms with E-state index in [0.29, 0.717) is 11.7 Å². The van der Waals surface area contributed by atoms with E-state index in [-0.39, 0.29) is 12.1 Å². The molecule has 0 saturated carbocycles. The first-order valence-electron chi connectivity index (χ1n) is 5.84. The van der Waals surface area contributed by atoms with Gasteiger partial charge in [-0.1, -0.05) is 28.1 Å². The average molecular weight is 331 g/mol. The zero-order valence-electron chi connectivity index (χ0n) is 10.9. The SMILES string of the molecule is COCC(C)NC(=S)NC(C)c1cccc(Br)c1. The van der Waals surface area contributed by atoms with E-state index < -0.39 is 0 Å². The summed E-state index contributed by atoms with van der Waals surface area (Å²) in [5.74, 6) is 0. The number of hydrogen-bond acceptors (Lipinski definition) is 2. The van der Waals surface area contributed by atoms with Crippen molar-refractivity contribution in [3.8, 4) is 0 Å². The maximum atomic E-state index is 5.26. The summed E-state index contributed by atoms with van der Waals surface area (Å²) in [6, 6.07) is 8.54. The fraction of sp³-hybridized carbons (Fsp3) is 0.462. The Morgan fingerprint density at radius 1 is 1.39 bits per heavy atom. The van der Waals surface area contributed by atoms with Gasteiger partial charge in [-0.25, -0.2) is 0 Å². The highest BCUT2D eigenvalue weighted by Gasteiger charge is 2.09. The van der Waals surface area contributed by atoms with Gasteiger partial charge in [-0.05, 0) is 43.8 Å². The summed E-state index contributed by atoms with van der Waals surface area (Å²) in [6.45, 7) is 4.74. The molecule has 2 N–H and O–H groups in total. The van der Waals surface area contributed by atoms with Crippen LogP contribution in [0.5, 0.6) is 0 Å². The summed E-state index contributed by atoms with van der Waals surface area (Å²) in [5.41, 5.74) is 1.19. The van der Waals surface area contributed by atoms with Gasteiger partial charge >= 0.3 is 0 Å². The molecule has 0 aliphatic carbocycles. The topological polar surface area (TPSA) is 33.3 Å². The minimum atomic E-state index is 0.164. The Kier molecular flexibility index (Phi) is 6.60. The van der Waals surface area contributed by atoms with Gasteiger partial charge in [0.05, 0.1) is 12.6 Å². The summed E-state index contributed by atoms with van der Waals surface area (Å²) >= 11 is 8.73. The van der Waals surface area contributed by atoms with E-state index in [0.717, 1.165) is 4.47 Å². The van der Waals surface area contributed by atoms with Crippen LogP contribution in [0.3, 0.4) is 0 Å². The molecule has 0 heterocycles. The molecule has 0 amide bonds. The third-order valence-corrected chi connectivity index (χ3v) is 3.22. The van der Waals surface area contributed by atoms with Gasteiger partial charge in [0.25, 0.3) is 0 Å². The van der Waals surface area contributed by atoms with Crippen molar-refractivity contribution in [2.24, 2.45) is 0 Å². The van der Waals surface area contributed by atoms with Gasteiger partial charge in [0.2, 0.25) is 0 Å². The van der Waals surface area contributed by atoms with Crippen molar-refractivity contribution in [3.05, 3.63) is 34.3 Å². The number of rotatable bonds is 5. The third-order valence-electron chi connectivity index (χ3n) is 2.49. The number of nitrogens with one attached hydrogen (secondary N) is 2. The summed E-state index contributed by atoms with van der Waals surface area (Å²) < 4.78 is 6.12. The van der Waals surface area contributed by atoms with Crippen molar-refractivity contribution in [2.45, 2.75) is 25.9 Å². The molecule has 0 fully saturated rings. The van der Waals surface area contributed by atoms with Crippen LogP contribution >= 0.6 is 28.1 Å². The average Bonchev–Trinajstić information content (AvgIpc) is 2.28. The Hall–Kier alpha value is -0.650. The Morgan fingerprint density at radius 3 is 2.72 bits per heavy atom. The van der Waals surface area contributed by atoms with Crippen molar-refractivity contribution < 1.29 is 4.74 Å².